The van der Waals surface area contributed by atoms with E-state index in [9.17, 15) is 0 Å². The Balaban J connectivity index is 1.66. The lowest BCUT2D eigenvalue weighted by Gasteiger charge is -2.23. The molecule has 4 heteroatoms. The van der Waals surface area contributed by atoms with Gasteiger partial charge in [0.25, 0.3) is 0 Å². The van der Waals surface area contributed by atoms with E-state index in [2.05, 4.69) is 29.4 Å². The average molecular weight is 237 g/mol. The molecule has 1 saturated carbocycles. The molecule has 17 heavy (non-hydrogen) atoms. The highest BCUT2D eigenvalue weighted by Gasteiger charge is 2.20. The molecule has 0 bridgehead atoms. The first-order chi connectivity index (χ1) is 8.24. The van der Waals surface area contributed by atoms with Crippen molar-refractivity contribution in [2.24, 2.45) is 5.92 Å². The molecule has 1 heterocycles. The Hall–Kier alpha value is -0.900. The summed E-state index contributed by atoms with van der Waals surface area (Å²) < 4.78 is 5.65. The van der Waals surface area contributed by atoms with Crippen LogP contribution in [0, 0.1) is 5.92 Å². The van der Waals surface area contributed by atoms with Crippen LogP contribution in [0.25, 0.3) is 0 Å². The van der Waals surface area contributed by atoms with Gasteiger partial charge in [-0.1, -0.05) is 20.3 Å². The number of rotatable bonds is 7. The van der Waals surface area contributed by atoms with Gasteiger partial charge in [-0.2, -0.15) is 0 Å². The Bertz CT molecular complexity index is 331. The van der Waals surface area contributed by atoms with Crippen LogP contribution in [0.2, 0.25) is 0 Å². The van der Waals surface area contributed by atoms with E-state index >= 15 is 0 Å². The summed E-state index contributed by atoms with van der Waals surface area (Å²) in [5.74, 6) is 2.43. The number of hydrogen-bond acceptors (Lipinski definition) is 4. The van der Waals surface area contributed by atoms with Crippen LogP contribution in [0.5, 0.6) is 0 Å². The molecule has 96 valence electrons. The second kappa shape index (κ2) is 6.15. The van der Waals surface area contributed by atoms with Gasteiger partial charge in [0, 0.05) is 18.9 Å². The van der Waals surface area contributed by atoms with Crippen LogP contribution in [0.1, 0.15) is 51.3 Å². The average Bonchev–Trinajstić information content (AvgIpc) is 2.66. The van der Waals surface area contributed by atoms with Crippen LogP contribution in [-0.2, 0) is 12.8 Å². The standard InChI is InChI=1S/C13H23N3O/c1-10(2)14-8-4-7-12-15-16-13(17-12)9-11-5-3-6-11/h10-11,14H,3-9H2,1-2H3. The van der Waals surface area contributed by atoms with Crippen molar-refractivity contribution in [2.75, 3.05) is 6.54 Å². The second-order valence-electron chi connectivity index (χ2n) is 5.30. The number of aryl methyl sites for hydroxylation is 1. The van der Waals surface area contributed by atoms with Gasteiger partial charge in [0.2, 0.25) is 11.8 Å². The van der Waals surface area contributed by atoms with E-state index in [4.69, 9.17) is 4.42 Å². The lowest BCUT2D eigenvalue weighted by atomic mass is 9.83. The highest BCUT2D eigenvalue weighted by molar-refractivity contribution is 4.86. The fraction of sp³-hybridized carbons (Fsp3) is 0.846. The number of aromatic nitrogens is 2. The van der Waals surface area contributed by atoms with Crippen molar-refractivity contribution in [3.8, 4) is 0 Å². The van der Waals surface area contributed by atoms with E-state index in [1.165, 1.54) is 19.3 Å². The van der Waals surface area contributed by atoms with Crippen molar-refractivity contribution in [2.45, 2.75) is 58.4 Å². The van der Waals surface area contributed by atoms with Gasteiger partial charge in [-0.15, -0.1) is 10.2 Å². The smallest absolute Gasteiger partial charge is 0.216 e. The molecule has 1 aromatic rings. The van der Waals surface area contributed by atoms with Gasteiger partial charge in [0.1, 0.15) is 0 Å². The topological polar surface area (TPSA) is 51.0 Å². The van der Waals surface area contributed by atoms with E-state index in [-0.39, 0.29) is 0 Å². The molecule has 1 aliphatic carbocycles. The summed E-state index contributed by atoms with van der Waals surface area (Å²) in [6.45, 7) is 5.32. The fourth-order valence-corrected chi connectivity index (χ4v) is 2.05. The predicted octanol–water partition coefficient (Wildman–Crippen LogP) is 2.34. The molecular formula is C13H23N3O. The number of nitrogens with one attached hydrogen (secondary N) is 1. The van der Waals surface area contributed by atoms with E-state index < -0.39 is 0 Å². The number of hydrogen-bond donors (Lipinski definition) is 1. The summed E-state index contributed by atoms with van der Waals surface area (Å²) in [5, 5.41) is 11.6. The van der Waals surface area contributed by atoms with Crippen molar-refractivity contribution < 1.29 is 4.42 Å². The van der Waals surface area contributed by atoms with E-state index in [1.807, 2.05) is 0 Å². The molecule has 0 spiro atoms. The maximum absolute atomic E-state index is 5.65. The fourth-order valence-electron chi connectivity index (χ4n) is 2.05. The summed E-state index contributed by atoms with van der Waals surface area (Å²) in [6, 6.07) is 0.548. The van der Waals surface area contributed by atoms with Gasteiger partial charge in [0.05, 0.1) is 0 Å². The molecule has 0 unspecified atom stereocenters. The molecule has 2 rings (SSSR count). The Morgan fingerprint density at radius 2 is 2.06 bits per heavy atom. The van der Waals surface area contributed by atoms with E-state index in [1.54, 1.807) is 0 Å². The first kappa shape index (κ1) is 12.6. The minimum Gasteiger partial charge on any atom is -0.425 e. The van der Waals surface area contributed by atoms with Crippen molar-refractivity contribution in [1.82, 2.24) is 15.5 Å². The third-order valence-corrected chi connectivity index (χ3v) is 3.32. The van der Waals surface area contributed by atoms with Crippen molar-refractivity contribution in [3.63, 3.8) is 0 Å². The van der Waals surface area contributed by atoms with Gasteiger partial charge in [-0.3, -0.25) is 0 Å². The maximum Gasteiger partial charge on any atom is 0.216 e. The normalized spacial score (nSPS) is 16.4. The van der Waals surface area contributed by atoms with Crippen LogP contribution >= 0.6 is 0 Å². The van der Waals surface area contributed by atoms with Crippen molar-refractivity contribution in [1.29, 1.82) is 0 Å². The Labute approximate surface area is 103 Å². The zero-order chi connectivity index (χ0) is 12.1. The third kappa shape index (κ3) is 4.11. The number of nitrogens with zero attached hydrogens (tertiary/aromatic N) is 2. The van der Waals surface area contributed by atoms with Gasteiger partial charge in [-0.25, -0.2) is 0 Å². The summed E-state index contributed by atoms with van der Waals surface area (Å²) in [6.07, 6.45) is 6.95. The van der Waals surface area contributed by atoms with Crippen LogP contribution in [-0.4, -0.2) is 22.8 Å². The lowest BCUT2D eigenvalue weighted by Crippen LogP contribution is -2.23. The molecule has 1 aromatic heterocycles. The Kier molecular flexibility index (Phi) is 4.54. The summed E-state index contributed by atoms with van der Waals surface area (Å²) in [7, 11) is 0. The molecule has 1 aliphatic rings. The summed E-state index contributed by atoms with van der Waals surface area (Å²) in [5.41, 5.74) is 0. The lowest BCUT2D eigenvalue weighted by molar-refractivity contribution is 0.286. The highest BCUT2D eigenvalue weighted by Crippen LogP contribution is 2.29. The monoisotopic (exact) mass is 237 g/mol. The van der Waals surface area contributed by atoms with Gasteiger partial charge in [-0.05, 0) is 31.7 Å². The molecule has 1 N–H and O–H groups in total. The van der Waals surface area contributed by atoms with Gasteiger partial charge in [0.15, 0.2) is 0 Å². The SMILES string of the molecule is CC(C)NCCCc1nnc(CC2CCC2)o1. The molecule has 0 amide bonds. The predicted molar refractivity (Wildman–Crippen MR) is 66.8 cm³/mol. The zero-order valence-electron chi connectivity index (χ0n) is 10.9. The molecule has 0 aliphatic heterocycles. The van der Waals surface area contributed by atoms with Gasteiger partial charge >= 0.3 is 0 Å². The van der Waals surface area contributed by atoms with Crippen LogP contribution in [0.3, 0.4) is 0 Å². The van der Waals surface area contributed by atoms with Crippen LogP contribution in [0.4, 0.5) is 0 Å². The van der Waals surface area contributed by atoms with E-state index in [0.717, 1.165) is 43.5 Å². The van der Waals surface area contributed by atoms with Gasteiger partial charge < -0.3 is 9.73 Å². The minimum absolute atomic E-state index is 0.548. The Morgan fingerprint density at radius 1 is 1.29 bits per heavy atom. The first-order valence-corrected chi connectivity index (χ1v) is 6.78. The second-order valence-corrected chi connectivity index (χ2v) is 5.30. The van der Waals surface area contributed by atoms with Crippen LogP contribution < -0.4 is 5.32 Å². The summed E-state index contributed by atoms with van der Waals surface area (Å²) in [4.78, 5) is 0. The minimum atomic E-state index is 0.548. The quantitative estimate of drug-likeness (QED) is 0.740. The molecular weight excluding hydrogens is 214 g/mol. The maximum atomic E-state index is 5.65. The van der Waals surface area contributed by atoms with Crippen molar-refractivity contribution >= 4 is 0 Å². The molecule has 4 nitrogen and oxygen atoms in total. The largest absolute Gasteiger partial charge is 0.425 e. The first-order valence-electron chi connectivity index (χ1n) is 6.78. The Morgan fingerprint density at radius 3 is 2.71 bits per heavy atom. The highest BCUT2D eigenvalue weighted by atomic mass is 16.4. The zero-order valence-corrected chi connectivity index (χ0v) is 10.9. The van der Waals surface area contributed by atoms with Crippen molar-refractivity contribution in [3.05, 3.63) is 11.8 Å². The van der Waals surface area contributed by atoms with Crippen LogP contribution in [0.15, 0.2) is 4.42 Å². The molecule has 0 radical (unpaired) electrons. The molecule has 0 atom stereocenters. The molecule has 0 saturated heterocycles. The molecule has 1 fully saturated rings. The van der Waals surface area contributed by atoms with E-state index in [0.29, 0.717) is 6.04 Å². The third-order valence-electron chi connectivity index (χ3n) is 3.32. The summed E-state index contributed by atoms with van der Waals surface area (Å²) >= 11 is 0. The molecule has 0 aromatic carbocycles.